The van der Waals surface area contributed by atoms with Crippen molar-refractivity contribution in [2.45, 2.75) is 45.2 Å². The first-order chi connectivity index (χ1) is 7.03. The molecule has 1 saturated heterocycles. The lowest BCUT2D eigenvalue weighted by molar-refractivity contribution is -0.119. The molecule has 1 fully saturated rings. The summed E-state index contributed by atoms with van der Waals surface area (Å²) in [5, 5.41) is 7.24. The molecule has 0 aromatic carbocycles. The first-order valence-electron chi connectivity index (χ1n) is 5.36. The van der Waals surface area contributed by atoms with Gasteiger partial charge in [-0.25, -0.2) is 0 Å². The van der Waals surface area contributed by atoms with Gasteiger partial charge in [0.15, 0.2) is 0 Å². The fourth-order valence-electron chi connectivity index (χ4n) is 2.20. The van der Waals surface area contributed by atoms with Crippen LogP contribution in [0.4, 0.5) is 0 Å². The molecule has 1 unspecified atom stereocenters. The average Bonchev–Trinajstić information content (AvgIpc) is 2.69. The minimum absolute atomic E-state index is 0.134. The van der Waals surface area contributed by atoms with Crippen molar-refractivity contribution in [3.8, 4) is 0 Å². The Morgan fingerprint density at radius 2 is 2.40 bits per heavy atom. The number of rotatable bonds is 2. The monoisotopic (exact) mass is 207 g/mol. The van der Waals surface area contributed by atoms with E-state index in [1.54, 1.807) is 0 Å². The smallest absolute Gasteiger partial charge is 0.221 e. The molecule has 15 heavy (non-hydrogen) atoms. The second-order valence-corrected chi connectivity index (χ2v) is 4.66. The van der Waals surface area contributed by atoms with Gasteiger partial charge >= 0.3 is 0 Å². The van der Waals surface area contributed by atoms with Gasteiger partial charge in [-0.2, -0.15) is 5.10 Å². The summed E-state index contributed by atoms with van der Waals surface area (Å²) < 4.78 is 1.90. The van der Waals surface area contributed by atoms with E-state index in [-0.39, 0.29) is 17.4 Å². The van der Waals surface area contributed by atoms with Crippen molar-refractivity contribution in [1.82, 2.24) is 15.1 Å². The summed E-state index contributed by atoms with van der Waals surface area (Å²) in [6.45, 7) is 7.05. The quantitative estimate of drug-likeness (QED) is 0.794. The highest BCUT2D eigenvalue weighted by Crippen LogP contribution is 2.35. The third-order valence-corrected chi connectivity index (χ3v) is 3.10. The molecule has 0 saturated carbocycles. The highest BCUT2D eigenvalue weighted by atomic mass is 16.2. The van der Waals surface area contributed by atoms with Crippen LogP contribution in [0.3, 0.4) is 0 Å². The van der Waals surface area contributed by atoms with Gasteiger partial charge in [-0.3, -0.25) is 9.48 Å². The van der Waals surface area contributed by atoms with Crippen molar-refractivity contribution >= 4 is 5.91 Å². The zero-order valence-electron chi connectivity index (χ0n) is 9.45. The molecule has 2 rings (SSSR count). The fourth-order valence-corrected chi connectivity index (χ4v) is 2.20. The van der Waals surface area contributed by atoms with Crippen LogP contribution in [0.25, 0.3) is 0 Å². The highest BCUT2D eigenvalue weighted by Gasteiger charge is 2.40. The van der Waals surface area contributed by atoms with Gasteiger partial charge in [-0.1, -0.05) is 0 Å². The maximum atomic E-state index is 11.4. The minimum atomic E-state index is -0.154. The molecule has 0 bridgehead atoms. The van der Waals surface area contributed by atoms with Gasteiger partial charge in [0, 0.05) is 30.6 Å². The third kappa shape index (κ3) is 1.76. The molecule has 4 heteroatoms. The number of hydrogen-bond acceptors (Lipinski definition) is 2. The van der Waals surface area contributed by atoms with E-state index in [4.69, 9.17) is 0 Å². The lowest BCUT2D eigenvalue weighted by Crippen LogP contribution is -2.38. The molecule has 1 atom stereocenters. The van der Waals surface area contributed by atoms with Crippen molar-refractivity contribution in [2.24, 2.45) is 0 Å². The second kappa shape index (κ2) is 3.36. The van der Waals surface area contributed by atoms with Gasteiger partial charge in [0.1, 0.15) is 0 Å². The Balaban J connectivity index is 2.27. The van der Waals surface area contributed by atoms with Crippen LogP contribution >= 0.6 is 0 Å². The summed E-state index contributed by atoms with van der Waals surface area (Å²) in [5.41, 5.74) is 0.999. The maximum absolute atomic E-state index is 11.4. The Kier molecular flexibility index (Phi) is 2.29. The number of nitrogens with zero attached hydrogens (tertiary/aromatic N) is 2. The molecule has 1 aliphatic rings. The van der Waals surface area contributed by atoms with E-state index in [0.29, 0.717) is 6.42 Å². The van der Waals surface area contributed by atoms with Crippen LogP contribution in [0, 0.1) is 0 Å². The van der Waals surface area contributed by atoms with Crippen LogP contribution in [-0.2, 0) is 11.3 Å². The fraction of sp³-hybridized carbons (Fsp3) is 0.636. The van der Waals surface area contributed by atoms with Crippen LogP contribution in [-0.4, -0.2) is 21.2 Å². The first-order valence-corrected chi connectivity index (χ1v) is 5.36. The van der Waals surface area contributed by atoms with Gasteiger partial charge in [0.05, 0.1) is 6.20 Å². The Labute approximate surface area is 89.7 Å². The number of nitrogens with one attached hydrogen (secondary N) is 1. The van der Waals surface area contributed by atoms with E-state index in [2.05, 4.69) is 31.2 Å². The standard InChI is InChI=1S/C11H17N3O/c1-4-14-7-8(6-12-14)9-5-10(15)13-11(9,2)3/h6-7,9H,4-5H2,1-3H3,(H,13,15). The zero-order chi connectivity index (χ0) is 11.1. The molecular weight excluding hydrogens is 190 g/mol. The molecular formula is C11H17N3O. The highest BCUT2D eigenvalue weighted by molar-refractivity contribution is 5.81. The Hall–Kier alpha value is -1.32. The Bertz CT molecular complexity index is 381. The van der Waals surface area contributed by atoms with Crippen molar-refractivity contribution < 1.29 is 4.79 Å². The van der Waals surface area contributed by atoms with Crippen molar-refractivity contribution in [3.63, 3.8) is 0 Å². The Morgan fingerprint density at radius 3 is 2.87 bits per heavy atom. The summed E-state index contributed by atoms with van der Waals surface area (Å²) in [5.74, 6) is 0.375. The molecule has 2 heterocycles. The Morgan fingerprint density at radius 1 is 1.67 bits per heavy atom. The number of aromatic nitrogens is 2. The van der Waals surface area contributed by atoms with Crippen molar-refractivity contribution in [3.05, 3.63) is 18.0 Å². The number of hydrogen-bond donors (Lipinski definition) is 1. The maximum Gasteiger partial charge on any atom is 0.221 e. The van der Waals surface area contributed by atoms with Gasteiger partial charge < -0.3 is 5.32 Å². The number of amides is 1. The lowest BCUT2D eigenvalue weighted by atomic mass is 9.85. The SMILES string of the molecule is CCn1cc(C2CC(=O)NC2(C)C)cn1. The molecule has 1 amide bonds. The number of aryl methyl sites for hydroxylation is 1. The van der Waals surface area contributed by atoms with E-state index < -0.39 is 0 Å². The summed E-state index contributed by atoms with van der Waals surface area (Å²) >= 11 is 0. The van der Waals surface area contributed by atoms with Gasteiger partial charge in [0.25, 0.3) is 0 Å². The largest absolute Gasteiger partial charge is 0.351 e. The van der Waals surface area contributed by atoms with E-state index in [9.17, 15) is 4.79 Å². The first kappa shape index (κ1) is 10.2. The van der Waals surface area contributed by atoms with Gasteiger partial charge in [0.2, 0.25) is 5.91 Å². The van der Waals surface area contributed by atoms with Crippen LogP contribution in [0.2, 0.25) is 0 Å². The molecule has 4 nitrogen and oxygen atoms in total. The predicted molar refractivity (Wildman–Crippen MR) is 57.5 cm³/mol. The molecule has 1 aliphatic heterocycles. The minimum Gasteiger partial charge on any atom is -0.351 e. The molecule has 1 aromatic rings. The van der Waals surface area contributed by atoms with Gasteiger partial charge in [-0.05, 0) is 26.3 Å². The van der Waals surface area contributed by atoms with Crippen molar-refractivity contribution in [1.29, 1.82) is 0 Å². The summed E-state index contributed by atoms with van der Waals surface area (Å²) in [4.78, 5) is 11.4. The topological polar surface area (TPSA) is 46.9 Å². The van der Waals surface area contributed by atoms with E-state index >= 15 is 0 Å². The van der Waals surface area contributed by atoms with Crippen LogP contribution in [0.15, 0.2) is 12.4 Å². The van der Waals surface area contributed by atoms with E-state index in [1.165, 1.54) is 0 Å². The molecule has 0 radical (unpaired) electrons. The van der Waals surface area contributed by atoms with Gasteiger partial charge in [-0.15, -0.1) is 0 Å². The van der Waals surface area contributed by atoms with Crippen molar-refractivity contribution in [2.75, 3.05) is 0 Å². The van der Waals surface area contributed by atoms with Crippen LogP contribution in [0.5, 0.6) is 0 Å². The summed E-state index contributed by atoms with van der Waals surface area (Å²) in [7, 11) is 0. The second-order valence-electron chi connectivity index (χ2n) is 4.66. The van der Waals surface area contributed by atoms with E-state index in [1.807, 2.05) is 17.1 Å². The summed E-state index contributed by atoms with van der Waals surface area (Å²) in [6.07, 6.45) is 4.48. The predicted octanol–water partition coefficient (Wildman–Crippen LogP) is 1.29. The number of carbonyl (C=O) groups excluding carboxylic acids is 1. The van der Waals surface area contributed by atoms with Crippen LogP contribution in [0.1, 0.15) is 38.7 Å². The molecule has 0 aliphatic carbocycles. The normalized spacial score (nSPS) is 24.2. The zero-order valence-corrected chi connectivity index (χ0v) is 9.45. The number of carbonyl (C=O) groups is 1. The molecule has 0 spiro atoms. The third-order valence-electron chi connectivity index (χ3n) is 3.10. The van der Waals surface area contributed by atoms with E-state index in [0.717, 1.165) is 12.1 Å². The summed E-state index contributed by atoms with van der Waals surface area (Å²) in [6, 6.07) is 0. The van der Waals surface area contributed by atoms with Crippen LogP contribution < -0.4 is 5.32 Å². The molecule has 1 aromatic heterocycles. The average molecular weight is 207 g/mol. The molecule has 1 N–H and O–H groups in total. The molecule has 82 valence electrons. The lowest BCUT2D eigenvalue weighted by Gasteiger charge is -2.25.